The van der Waals surface area contributed by atoms with Gasteiger partial charge in [-0.1, -0.05) is 18.2 Å². The third-order valence-corrected chi connectivity index (χ3v) is 4.92. The molecular formula is C20H24N4O3. The van der Waals surface area contributed by atoms with Crippen LogP contribution in [-0.2, 0) is 6.54 Å². The molecule has 1 aliphatic rings. The van der Waals surface area contributed by atoms with Crippen LogP contribution in [0.2, 0.25) is 0 Å². The molecular weight excluding hydrogens is 344 g/mol. The van der Waals surface area contributed by atoms with Crippen molar-refractivity contribution in [3.63, 3.8) is 0 Å². The zero-order valence-corrected chi connectivity index (χ0v) is 15.4. The number of nitrogens with two attached hydrogens (primary N) is 1. The molecule has 0 aliphatic carbocycles. The topological polar surface area (TPSA) is 92.7 Å². The second kappa shape index (κ2) is 8.07. The Balaban J connectivity index is 1.79. The summed E-state index contributed by atoms with van der Waals surface area (Å²) in [6, 6.07) is 12.3. The van der Waals surface area contributed by atoms with Crippen LogP contribution in [0.25, 0.3) is 0 Å². The number of anilines is 2. The molecule has 7 nitrogen and oxygen atoms in total. The first-order valence-electron chi connectivity index (χ1n) is 9.09. The van der Waals surface area contributed by atoms with E-state index in [4.69, 9.17) is 5.73 Å². The molecule has 2 aromatic rings. The van der Waals surface area contributed by atoms with Gasteiger partial charge in [0.25, 0.3) is 11.6 Å². The van der Waals surface area contributed by atoms with Crippen molar-refractivity contribution in [2.75, 3.05) is 30.8 Å². The summed E-state index contributed by atoms with van der Waals surface area (Å²) in [5.41, 5.74) is 7.90. The number of nitrogens with zero attached hydrogens (tertiary/aromatic N) is 3. The van der Waals surface area contributed by atoms with Crippen LogP contribution in [0.1, 0.15) is 35.2 Å². The van der Waals surface area contributed by atoms with E-state index in [-0.39, 0.29) is 22.8 Å². The first kappa shape index (κ1) is 18.7. The maximum Gasteiger partial charge on any atom is 0.292 e. The summed E-state index contributed by atoms with van der Waals surface area (Å²) in [6.07, 6.45) is 3.61. The van der Waals surface area contributed by atoms with Crippen LogP contribution in [0.4, 0.5) is 17.1 Å². The van der Waals surface area contributed by atoms with Gasteiger partial charge < -0.3 is 15.5 Å². The predicted octanol–water partition coefficient (Wildman–Crippen LogP) is 3.44. The molecule has 1 aliphatic heterocycles. The molecule has 2 aromatic carbocycles. The minimum Gasteiger partial charge on any atom is -0.393 e. The number of para-hydroxylation sites is 1. The molecule has 1 saturated heterocycles. The predicted molar refractivity (Wildman–Crippen MR) is 106 cm³/mol. The van der Waals surface area contributed by atoms with Crippen LogP contribution in [-0.4, -0.2) is 35.9 Å². The minimum absolute atomic E-state index is 0.0506. The van der Waals surface area contributed by atoms with E-state index in [1.54, 1.807) is 11.9 Å². The Labute approximate surface area is 158 Å². The van der Waals surface area contributed by atoms with Crippen LogP contribution in [0.15, 0.2) is 42.5 Å². The maximum absolute atomic E-state index is 12.8. The first-order chi connectivity index (χ1) is 13.0. The highest BCUT2D eigenvalue weighted by molar-refractivity contribution is 5.95. The number of amides is 1. The highest BCUT2D eigenvalue weighted by Gasteiger charge is 2.20. The Bertz CT molecular complexity index is 847. The molecule has 0 unspecified atom stereocenters. The van der Waals surface area contributed by atoms with Gasteiger partial charge >= 0.3 is 0 Å². The number of rotatable bonds is 5. The number of hydrogen-bond donors (Lipinski definition) is 1. The van der Waals surface area contributed by atoms with Crippen LogP contribution in [0, 0.1) is 10.1 Å². The van der Waals surface area contributed by atoms with E-state index in [9.17, 15) is 14.9 Å². The standard InChI is InChI=1S/C20H24N4O3/c1-22(20(25)15-9-10-17(21)19(13-15)24(26)27)14-16-7-3-4-8-18(16)23-11-5-2-6-12-23/h3-4,7-10,13H,2,5-6,11-12,14,21H2,1H3. The molecule has 0 spiro atoms. The second-order valence-electron chi connectivity index (χ2n) is 6.87. The molecule has 0 aromatic heterocycles. The van der Waals surface area contributed by atoms with Crippen LogP contribution in [0.5, 0.6) is 0 Å². The van der Waals surface area contributed by atoms with E-state index in [1.165, 1.54) is 37.5 Å². The number of nitrogen functional groups attached to an aromatic ring is 1. The number of benzene rings is 2. The van der Waals surface area contributed by atoms with Gasteiger partial charge in [0.1, 0.15) is 5.69 Å². The second-order valence-corrected chi connectivity index (χ2v) is 6.87. The summed E-state index contributed by atoms with van der Waals surface area (Å²) in [7, 11) is 1.71. The average Bonchev–Trinajstić information content (AvgIpc) is 2.68. The highest BCUT2D eigenvalue weighted by atomic mass is 16.6. The Kier molecular flexibility index (Phi) is 5.59. The van der Waals surface area contributed by atoms with Crippen molar-refractivity contribution in [3.05, 3.63) is 63.7 Å². The fraction of sp³-hybridized carbons (Fsp3) is 0.350. The van der Waals surface area contributed by atoms with Crippen molar-refractivity contribution in [1.82, 2.24) is 4.90 Å². The van der Waals surface area contributed by atoms with Gasteiger partial charge in [-0.3, -0.25) is 14.9 Å². The number of carbonyl (C=O) groups excluding carboxylic acids is 1. The Morgan fingerprint density at radius 1 is 1.19 bits per heavy atom. The number of nitro benzene ring substituents is 1. The fourth-order valence-electron chi connectivity index (χ4n) is 3.47. The van der Waals surface area contributed by atoms with Gasteiger partial charge in [-0.15, -0.1) is 0 Å². The van der Waals surface area contributed by atoms with Crippen molar-refractivity contribution in [2.24, 2.45) is 0 Å². The van der Waals surface area contributed by atoms with Gasteiger partial charge in [0, 0.05) is 44.0 Å². The monoisotopic (exact) mass is 368 g/mol. The normalized spacial score (nSPS) is 14.0. The van der Waals surface area contributed by atoms with Gasteiger partial charge in [0.2, 0.25) is 0 Å². The maximum atomic E-state index is 12.8. The quantitative estimate of drug-likeness (QED) is 0.496. The molecule has 142 valence electrons. The van der Waals surface area contributed by atoms with E-state index >= 15 is 0 Å². The largest absolute Gasteiger partial charge is 0.393 e. The molecule has 0 atom stereocenters. The van der Waals surface area contributed by atoms with Crippen LogP contribution >= 0.6 is 0 Å². The van der Waals surface area contributed by atoms with Crippen molar-refractivity contribution in [2.45, 2.75) is 25.8 Å². The lowest BCUT2D eigenvalue weighted by Gasteiger charge is -2.31. The zero-order chi connectivity index (χ0) is 19.4. The fourth-order valence-corrected chi connectivity index (χ4v) is 3.47. The Morgan fingerprint density at radius 3 is 2.59 bits per heavy atom. The van der Waals surface area contributed by atoms with E-state index in [0.717, 1.165) is 24.3 Å². The Hall–Kier alpha value is -3.09. The van der Waals surface area contributed by atoms with Gasteiger partial charge in [0.05, 0.1) is 4.92 Å². The molecule has 27 heavy (non-hydrogen) atoms. The lowest BCUT2D eigenvalue weighted by molar-refractivity contribution is -0.383. The smallest absolute Gasteiger partial charge is 0.292 e. The number of hydrogen-bond acceptors (Lipinski definition) is 5. The summed E-state index contributed by atoms with van der Waals surface area (Å²) in [5.74, 6) is -0.272. The molecule has 0 radical (unpaired) electrons. The summed E-state index contributed by atoms with van der Waals surface area (Å²) >= 11 is 0. The molecule has 1 amide bonds. The molecule has 0 saturated carbocycles. The summed E-state index contributed by atoms with van der Waals surface area (Å²) < 4.78 is 0. The highest BCUT2D eigenvalue weighted by Crippen LogP contribution is 2.26. The van der Waals surface area contributed by atoms with Gasteiger partial charge in [0.15, 0.2) is 0 Å². The average molecular weight is 368 g/mol. The van der Waals surface area contributed by atoms with E-state index in [2.05, 4.69) is 11.0 Å². The number of piperidine rings is 1. The third-order valence-electron chi connectivity index (χ3n) is 4.92. The van der Waals surface area contributed by atoms with Crippen molar-refractivity contribution in [1.29, 1.82) is 0 Å². The van der Waals surface area contributed by atoms with Gasteiger partial charge in [-0.25, -0.2) is 0 Å². The molecule has 7 heteroatoms. The van der Waals surface area contributed by atoms with Crippen molar-refractivity contribution < 1.29 is 9.72 Å². The van der Waals surface area contributed by atoms with Gasteiger partial charge in [-0.2, -0.15) is 0 Å². The van der Waals surface area contributed by atoms with Crippen molar-refractivity contribution in [3.8, 4) is 0 Å². The van der Waals surface area contributed by atoms with Crippen molar-refractivity contribution >= 4 is 23.0 Å². The number of nitro groups is 1. The zero-order valence-electron chi connectivity index (χ0n) is 15.4. The third kappa shape index (κ3) is 4.19. The summed E-state index contributed by atoms with van der Waals surface area (Å²) in [4.78, 5) is 27.2. The minimum atomic E-state index is -0.572. The lowest BCUT2D eigenvalue weighted by atomic mass is 10.1. The Morgan fingerprint density at radius 2 is 1.89 bits per heavy atom. The van der Waals surface area contributed by atoms with Gasteiger partial charge in [-0.05, 0) is 43.0 Å². The molecule has 2 N–H and O–H groups in total. The van der Waals surface area contributed by atoms with Crippen LogP contribution in [0.3, 0.4) is 0 Å². The molecule has 0 bridgehead atoms. The van der Waals surface area contributed by atoms with E-state index in [1.807, 2.05) is 18.2 Å². The van der Waals surface area contributed by atoms with Crippen LogP contribution < -0.4 is 10.6 Å². The molecule has 3 rings (SSSR count). The van der Waals surface area contributed by atoms with E-state index in [0.29, 0.717) is 6.54 Å². The summed E-state index contributed by atoms with van der Waals surface area (Å²) in [6.45, 7) is 2.49. The SMILES string of the molecule is CN(Cc1ccccc1N1CCCCC1)C(=O)c1ccc(N)c([N+](=O)[O-])c1. The first-order valence-corrected chi connectivity index (χ1v) is 9.09. The molecule has 1 fully saturated rings. The van der Waals surface area contributed by atoms with E-state index < -0.39 is 4.92 Å². The lowest BCUT2D eigenvalue weighted by Crippen LogP contribution is -2.32. The number of carbonyl (C=O) groups is 1. The molecule has 1 heterocycles. The summed E-state index contributed by atoms with van der Waals surface area (Å²) in [5, 5.41) is 11.1.